The van der Waals surface area contributed by atoms with Gasteiger partial charge in [0.2, 0.25) is 0 Å². The van der Waals surface area contributed by atoms with Gasteiger partial charge in [-0.25, -0.2) is 0 Å². The van der Waals surface area contributed by atoms with Crippen LogP contribution in [0, 0.1) is 10.1 Å². The standard InChI is InChI=1S/C11H16N2O3/c1-3-9(8-12-4-2)7-10-5-6-11(16-10)13(14)15/h5-7,12H,3-4,8H2,1-2H3. The summed E-state index contributed by atoms with van der Waals surface area (Å²) in [6, 6.07) is 2.98. The quantitative estimate of drug-likeness (QED) is 0.595. The Hall–Kier alpha value is -1.62. The van der Waals surface area contributed by atoms with Crippen LogP contribution in [0.25, 0.3) is 6.08 Å². The topological polar surface area (TPSA) is 68.3 Å². The second kappa shape index (κ2) is 6.07. The van der Waals surface area contributed by atoms with E-state index in [4.69, 9.17) is 4.42 Å². The van der Waals surface area contributed by atoms with Gasteiger partial charge in [0.05, 0.1) is 6.07 Å². The molecule has 0 unspecified atom stereocenters. The molecule has 0 bridgehead atoms. The number of furan rings is 1. The van der Waals surface area contributed by atoms with Gasteiger partial charge in [-0.2, -0.15) is 0 Å². The normalized spacial score (nSPS) is 11.8. The van der Waals surface area contributed by atoms with Crippen LogP contribution in [-0.4, -0.2) is 18.0 Å². The molecule has 0 aliphatic carbocycles. The summed E-state index contributed by atoms with van der Waals surface area (Å²) < 4.78 is 5.05. The Morgan fingerprint density at radius 3 is 2.81 bits per heavy atom. The van der Waals surface area contributed by atoms with Crippen molar-refractivity contribution in [2.75, 3.05) is 13.1 Å². The molecule has 0 radical (unpaired) electrons. The fourth-order valence-corrected chi connectivity index (χ4v) is 1.28. The van der Waals surface area contributed by atoms with Crippen LogP contribution in [0.3, 0.4) is 0 Å². The summed E-state index contributed by atoms with van der Waals surface area (Å²) in [6.07, 6.45) is 2.73. The molecule has 0 fully saturated rings. The highest BCUT2D eigenvalue weighted by Gasteiger charge is 2.10. The van der Waals surface area contributed by atoms with Crippen LogP contribution in [0.5, 0.6) is 0 Å². The SMILES string of the molecule is CCNCC(=Cc1ccc([N+](=O)[O-])o1)CC. The van der Waals surface area contributed by atoms with E-state index in [0.717, 1.165) is 25.1 Å². The molecular weight excluding hydrogens is 208 g/mol. The van der Waals surface area contributed by atoms with Crippen molar-refractivity contribution >= 4 is 12.0 Å². The maximum absolute atomic E-state index is 10.4. The molecule has 1 heterocycles. The first-order valence-corrected chi connectivity index (χ1v) is 5.31. The molecule has 0 aromatic carbocycles. The Kier molecular flexibility index (Phi) is 4.72. The van der Waals surface area contributed by atoms with Gasteiger partial charge in [-0.1, -0.05) is 19.4 Å². The van der Waals surface area contributed by atoms with Crippen molar-refractivity contribution in [3.63, 3.8) is 0 Å². The highest BCUT2D eigenvalue weighted by atomic mass is 16.6. The highest BCUT2D eigenvalue weighted by molar-refractivity contribution is 5.49. The monoisotopic (exact) mass is 224 g/mol. The predicted molar refractivity (Wildman–Crippen MR) is 62.2 cm³/mol. The first-order valence-electron chi connectivity index (χ1n) is 5.31. The van der Waals surface area contributed by atoms with E-state index in [1.54, 1.807) is 6.07 Å². The number of hydrogen-bond donors (Lipinski definition) is 1. The van der Waals surface area contributed by atoms with E-state index in [0.29, 0.717) is 5.76 Å². The van der Waals surface area contributed by atoms with Crippen molar-refractivity contribution in [2.24, 2.45) is 0 Å². The second-order valence-electron chi connectivity index (χ2n) is 3.37. The van der Waals surface area contributed by atoms with Gasteiger partial charge < -0.3 is 9.73 Å². The Balaban J connectivity index is 2.74. The van der Waals surface area contributed by atoms with Crippen LogP contribution in [0.15, 0.2) is 22.1 Å². The van der Waals surface area contributed by atoms with E-state index < -0.39 is 4.92 Å². The lowest BCUT2D eigenvalue weighted by atomic mass is 10.2. The summed E-state index contributed by atoms with van der Waals surface area (Å²) >= 11 is 0. The van der Waals surface area contributed by atoms with Crippen molar-refractivity contribution in [3.05, 3.63) is 33.6 Å². The van der Waals surface area contributed by atoms with Gasteiger partial charge in [0.25, 0.3) is 0 Å². The Morgan fingerprint density at radius 1 is 1.56 bits per heavy atom. The van der Waals surface area contributed by atoms with Crippen LogP contribution in [0.1, 0.15) is 26.0 Å². The molecule has 16 heavy (non-hydrogen) atoms. The Labute approximate surface area is 94.3 Å². The predicted octanol–water partition coefficient (Wildman–Crippen LogP) is 2.59. The van der Waals surface area contributed by atoms with E-state index in [2.05, 4.69) is 5.32 Å². The largest absolute Gasteiger partial charge is 0.433 e. The maximum atomic E-state index is 10.4. The molecule has 0 saturated carbocycles. The number of rotatable bonds is 6. The molecule has 1 aromatic rings. The molecule has 5 heteroatoms. The number of nitrogens with zero attached hydrogens (tertiary/aromatic N) is 1. The number of nitrogens with one attached hydrogen (secondary N) is 1. The van der Waals surface area contributed by atoms with Gasteiger partial charge in [-0.15, -0.1) is 0 Å². The van der Waals surface area contributed by atoms with Gasteiger partial charge in [0, 0.05) is 6.54 Å². The number of nitro groups is 1. The average Bonchev–Trinajstić information content (AvgIpc) is 2.72. The highest BCUT2D eigenvalue weighted by Crippen LogP contribution is 2.18. The van der Waals surface area contributed by atoms with Gasteiger partial charge in [-0.3, -0.25) is 10.1 Å². The van der Waals surface area contributed by atoms with E-state index in [1.807, 2.05) is 19.9 Å². The summed E-state index contributed by atoms with van der Waals surface area (Å²) in [7, 11) is 0. The lowest BCUT2D eigenvalue weighted by Gasteiger charge is -2.03. The van der Waals surface area contributed by atoms with Gasteiger partial charge >= 0.3 is 5.88 Å². The molecule has 0 aliphatic rings. The zero-order valence-electron chi connectivity index (χ0n) is 9.53. The summed E-state index contributed by atoms with van der Waals surface area (Å²) in [4.78, 5) is 9.89. The smallest absolute Gasteiger partial charge is 0.401 e. The van der Waals surface area contributed by atoms with Crippen molar-refractivity contribution in [2.45, 2.75) is 20.3 Å². The first kappa shape index (κ1) is 12.4. The zero-order valence-corrected chi connectivity index (χ0v) is 9.53. The molecule has 1 aromatic heterocycles. The Morgan fingerprint density at radius 2 is 2.31 bits per heavy atom. The third kappa shape index (κ3) is 3.51. The summed E-state index contributed by atoms with van der Waals surface area (Å²) in [6.45, 7) is 5.75. The third-order valence-corrected chi connectivity index (χ3v) is 2.20. The number of likely N-dealkylation sites (N-methyl/N-ethyl adjacent to an activating group) is 1. The Bertz CT molecular complexity index is 382. The van der Waals surface area contributed by atoms with Gasteiger partial charge in [-0.05, 0) is 25.1 Å². The molecule has 0 amide bonds. The van der Waals surface area contributed by atoms with E-state index in [9.17, 15) is 10.1 Å². The van der Waals surface area contributed by atoms with Crippen LogP contribution >= 0.6 is 0 Å². The fraction of sp³-hybridized carbons (Fsp3) is 0.455. The zero-order chi connectivity index (χ0) is 12.0. The maximum Gasteiger partial charge on any atom is 0.433 e. The number of hydrogen-bond acceptors (Lipinski definition) is 4. The van der Waals surface area contributed by atoms with E-state index >= 15 is 0 Å². The van der Waals surface area contributed by atoms with Crippen molar-refractivity contribution in [1.82, 2.24) is 5.32 Å². The summed E-state index contributed by atoms with van der Waals surface area (Å²) in [5.41, 5.74) is 1.16. The molecule has 5 nitrogen and oxygen atoms in total. The molecular formula is C11H16N2O3. The van der Waals surface area contributed by atoms with Crippen LogP contribution in [0.2, 0.25) is 0 Å². The summed E-state index contributed by atoms with van der Waals surface area (Å²) in [5.74, 6) is 0.312. The fourth-order valence-electron chi connectivity index (χ4n) is 1.28. The molecule has 0 aliphatic heterocycles. The minimum absolute atomic E-state index is 0.217. The molecule has 0 saturated heterocycles. The van der Waals surface area contributed by atoms with E-state index in [1.165, 1.54) is 6.07 Å². The van der Waals surface area contributed by atoms with Crippen LogP contribution in [-0.2, 0) is 0 Å². The van der Waals surface area contributed by atoms with Crippen molar-refractivity contribution < 1.29 is 9.34 Å². The van der Waals surface area contributed by atoms with Gasteiger partial charge in [0.15, 0.2) is 0 Å². The molecule has 1 rings (SSSR count). The minimum Gasteiger partial charge on any atom is -0.401 e. The van der Waals surface area contributed by atoms with Crippen LogP contribution in [0.4, 0.5) is 5.88 Å². The summed E-state index contributed by atoms with van der Waals surface area (Å²) in [5, 5.41) is 13.6. The third-order valence-electron chi connectivity index (χ3n) is 2.20. The van der Waals surface area contributed by atoms with Crippen LogP contribution < -0.4 is 5.32 Å². The molecule has 0 atom stereocenters. The average molecular weight is 224 g/mol. The minimum atomic E-state index is -0.534. The van der Waals surface area contributed by atoms with Crippen molar-refractivity contribution in [3.8, 4) is 0 Å². The lowest BCUT2D eigenvalue weighted by Crippen LogP contribution is -2.15. The van der Waals surface area contributed by atoms with Gasteiger partial charge in [0.1, 0.15) is 10.7 Å². The van der Waals surface area contributed by atoms with Crippen molar-refractivity contribution in [1.29, 1.82) is 0 Å². The van der Waals surface area contributed by atoms with E-state index in [-0.39, 0.29) is 5.88 Å². The molecule has 0 spiro atoms. The molecule has 1 N–H and O–H groups in total. The molecule has 88 valence electrons. The first-order chi connectivity index (χ1) is 7.67. The second-order valence-corrected chi connectivity index (χ2v) is 3.37. The lowest BCUT2D eigenvalue weighted by molar-refractivity contribution is -0.402.